The molecule has 4 rings (SSSR count). The number of fused-ring (bicyclic) bond motifs is 2. The van der Waals surface area contributed by atoms with Crippen molar-refractivity contribution >= 4 is 51.3 Å². The zero-order chi connectivity index (χ0) is 23.4. The first-order valence-electron chi connectivity index (χ1n) is 11.2. The average Bonchev–Trinajstić information content (AvgIpc) is 3.36. The molecule has 0 atom stereocenters. The predicted molar refractivity (Wildman–Crippen MR) is 128 cm³/mol. The van der Waals surface area contributed by atoms with E-state index < -0.39 is 5.97 Å². The topological polar surface area (TPSA) is 98.0 Å². The number of carbonyl (C=O) groups is 3. The summed E-state index contributed by atoms with van der Waals surface area (Å²) in [6, 6.07) is 7.53. The van der Waals surface area contributed by atoms with Crippen LogP contribution in [0.4, 0.5) is 5.00 Å². The van der Waals surface area contributed by atoms with Gasteiger partial charge in [0.1, 0.15) is 5.00 Å². The minimum Gasteiger partial charge on any atom is -0.481 e. The molecule has 0 saturated carbocycles. The van der Waals surface area contributed by atoms with Gasteiger partial charge in [0.05, 0.1) is 17.7 Å². The zero-order valence-electron chi connectivity index (χ0n) is 18.5. The molecule has 8 heteroatoms. The molecule has 0 saturated heterocycles. The molecule has 172 valence electrons. The molecule has 0 amide bonds. The molecule has 2 heterocycles. The molecule has 3 aromatic rings. The van der Waals surface area contributed by atoms with Crippen LogP contribution in [0.5, 0.6) is 0 Å². The van der Waals surface area contributed by atoms with Crippen molar-refractivity contribution in [3.05, 3.63) is 52.0 Å². The maximum atomic E-state index is 12.7. The second-order valence-corrected chi connectivity index (χ2v) is 9.07. The van der Waals surface area contributed by atoms with Crippen molar-refractivity contribution in [3.8, 4) is 0 Å². The van der Waals surface area contributed by atoms with Gasteiger partial charge in [0.15, 0.2) is 0 Å². The number of benzene rings is 1. The third kappa shape index (κ3) is 4.90. The molecule has 1 N–H and O–H groups in total. The Morgan fingerprint density at radius 3 is 2.76 bits per heavy atom. The van der Waals surface area contributed by atoms with E-state index in [1.807, 2.05) is 24.3 Å². The number of carbonyl (C=O) groups excluding carboxylic acids is 2. The molecule has 0 fully saturated rings. The second kappa shape index (κ2) is 10.1. The number of nitrogens with zero attached hydrogens (tertiary/aromatic N) is 2. The Morgan fingerprint density at radius 1 is 1.18 bits per heavy atom. The Balaban J connectivity index is 1.68. The number of aryl methyl sites for hydroxylation is 1. The Labute approximate surface area is 195 Å². The van der Waals surface area contributed by atoms with Crippen molar-refractivity contribution in [1.29, 1.82) is 0 Å². The smallest absolute Gasteiger partial charge is 0.341 e. The summed E-state index contributed by atoms with van der Waals surface area (Å²) in [7, 11) is 0. The van der Waals surface area contributed by atoms with Crippen LogP contribution in [0.15, 0.2) is 35.5 Å². The lowest BCUT2D eigenvalue weighted by Crippen LogP contribution is -2.09. The molecule has 0 radical (unpaired) electrons. The van der Waals surface area contributed by atoms with E-state index in [4.69, 9.17) is 9.84 Å². The highest BCUT2D eigenvalue weighted by Gasteiger charge is 2.26. The first-order valence-corrected chi connectivity index (χ1v) is 12.0. The van der Waals surface area contributed by atoms with Crippen LogP contribution in [-0.2, 0) is 22.4 Å². The zero-order valence-corrected chi connectivity index (χ0v) is 19.3. The number of carboxylic acid groups (broad SMARTS) is 1. The Hall–Kier alpha value is -3.26. The van der Waals surface area contributed by atoms with Crippen molar-refractivity contribution in [1.82, 2.24) is 4.57 Å². The minimum atomic E-state index is -0.913. The van der Waals surface area contributed by atoms with Crippen LogP contribution in [0.3, 0.4) is 0 Å². The average molecular weight is 467 g/mol. The first-order chi connectivity index (χ1) is 16.0. The highest BCUT2D eigenvalue weighted by molar-refractivity contribution is 7.16. The summed E-state index contributed by atoms with van der Waals surface area (Å²) in [5.74, 6) is -1.41. The van der Waals surface area contributed by atoms with Crippen LogP contribution in [0.1, 0.15) is 70.2 Å². The second-order valence-electron chi connectivity index (χ2n) is 7.98. The summed E-state index contributed by atoms with van der Waals surface area (Å²) in [5.41, 5.74) is 3.14. The van der Waals surface area contributed by atoms with E-state index in [0.717, 1.165) is 47.7 Å². The van der Waals surface area contributed by atoms with E-state index in [2.05, 4.69) is 4.99 Å². The number of thiophene rings is 1. The SMILES string of the molecule is CCOC(=O)c1c(N=Cc2cn(C(=O)CCCC(=O)O)c3ccccc23)sc2c1CCCC2. The number of hydrogen-bond acceptors (Lipinski definition) is 6. The summed E-state index contributed by atoms with van der Waals surface area (Å²) in [6.45, 7) is 2.10. The van der Waals surface area contributed by atoms with Crippen molar-refractivity contribution in [2.24, 2.45) is 4.99 Å². The van der Waals surface area contributed by atoms with E-state index in [1.54, 1.807) is 23.9 Å². The van der Waals surface area contributed by atoms with E-state index >= 15 is 0 Å². The fraction of sp³-hybridized carbons (Fsp3) is 0.360. The number of carboxylic acids is 1. The molecule has 0 spiro atoms. The lowest BCUT2D eigenvalue weighted by molar-refractivity contribution is -0.137. The lowest BCUT2D eigenvalue weighted by atomic mass is 9.95. The Bertz CT molecular complexity index is 1240. The van der Waals surface area contributed by atoms with Gasteiger partial charge in [-0.1, -0.05) is 18.2 Å². The van der Waals surface area contributed by atoms with E-state index in [0.29, 0.717) is 17.2 Å². The van der Waals surface area contributed by atoms with Crippen molar-refractivity contribution < 1.29 is 24.2 Å². The molecule has 2 aromatic heterocycles. The number of ether oxygens (including phenoxy) is 1. The summed E-state index contributed by atoms with van der Waals surface area (Å²) < 4.78 is 6.87. The summed E-state index contributed by atoms with van der Waals surface area (Å²) in [5, 5.41) is 10.4. The van der Waals surface area contributed by atoms with E-state index in [1.165, 1.54) is 16.2 Å². The van der Waals surface area contributed by atoms with Crippen molar-refractivity contribution in [2.75, 3.05) is 6.61 Å². The van der Waals surface area contributed by atoms with Gasteiger partial charge in [0.2, 0.25) is 5.91 Å². The van der Waals surface area contributed by atoms with Crippen LogP contribution < -0.4 is 0 Å². The van der Waals surface area contributed by atoms with Gasteiger partial charge in [0.25, 0.3) is 0 Å². The number of aliphatic imine (C=N–C) groups is 1. The van der Waals surface area contributed by atoms with Crippen molar-refractivity contribution in [3.63, 3.8) is 0 Å². The number of para-hydroxylation sites is 1. The molecular weight excluding hydrogens is 440 g/mol. The van der Waals surface area contributed by atoms with Gasteiger partial charge in [-0.05, 0) is 50.7 Å². The summed E-state index contributed by atoms with van der Waals surface area (Å²) >= 11 is 1.54. The largest absolute Gasteiger partial charge is 0.481 e. The van der Waals surface area contributed by atoms with Gasteiger partial charge in [-0.3, -0.25) is 14.2 Å². The molecular formula is C25H26N2O5S. The molecule has 0 aliphatic heterocycles. The molecule has 0 unspecified atom stereocenters. The van der Waals surface area contributed by atoms with Gasteiger partial charge in [-0.2, -0.15) is 0 Å². The maximum Gasteiger partial charge on any atom is 0.341 e. The molecule has 1 aromatic carbocycles. The fourth-order valence-electron chi connectivity index (χ4n) is 4.21. The van der Waals surface area contributed by atoms with Crippen molar-refractivity contribution in [2.45, 2.75) is 51.9 Å². The van der Waals surface area contributed by atoms with E-state index in [-0.39, 0.29) is 31.1 Å². The number of hydrogen-bond donors (Lipinski definition) is 1. The summed E-state index contributed by atoms with van der Waals surface area (Å²) in [6.07, 6.45) is 7.79. The van der Waals surface area contributed by atoms with Crippen LogP contribution >= 0.6 is 11.3 Å². The monoisotopic (exact) mass is 466 g/mol. The van der Waals surface area contributed by atoms with Crippen LogP contribution in [0.2, 0.25) is 0 Å². The van der Waals surface area contributed by atoms with Gasteiger partial charge < -0.3 is 9.84 Å². The Morgan fingerprint density at radius 2 is 1.97 bits per heavy atom. The van der Waals surface area contributed by atoms with Crippen LogP contribution in [0.25, 0.3) is 10.9 Å². The first kappa shape index (κ1) is 22.9. The molecule has 1 aliphatic rings. The van der Waals surface area contributed by atoms with Crippen LogP contribution in [0, 0.1) is 0 Å². The molecule has 7 nitrogen and oxygen atoms in total. The number of rotatable bonds is 8. The highest BCUT2D eigenvalue weighted by Crippen LogP contribution is 2.40. The highest BCUT2D eigenvalue weighted by atomic mass is 32.1. The predicted octanol–water partition coefficient (Wildman–Crippen LogP) is 5.40. The lowest BCUT2D eigenvalue weighted by Gasteiger charge is -2.11. The number of esters is 1. The molecule has 0 bridgehead atoms. The van der Waals surface area contributed by atoms with E-state index in [9.17, 15) is 14.4 Å². The third-order valence-corrected chi connectivity index (χ3v) is 6.95. The Kier molecular flexibility index (Phi) is 7.03. The number of aromatic nitrogens is 1. The third-order valence-electron chi connectivity index (χ3n) is 5.75. The quantitative estimate of drug-likeness (QED) is 0.354. The number of aliphatic carboxylic acids is 1. The standard InChI is InChI=1S/C25H26N2O5S/c1-2-32-25(31)23-18-9-4-6-11-20(18)33-24(23)26-14-16-15-27(19-10-5-3-8-17(16)19)21(28)12-7-13-22(29)30/h3,5,8,10,14-15H,2,4,6-7,9,11-13H2,1H3,(H,29,30). The molecule has 1 aliphatic carbocycles. The van der Waals surface area contributed by atoms with Gasteiger partial charge >= 0.3 is 11.9 Å². The molecule has 33 heavy (non-hydrogen) atoms. The fourth-order valence-corrected chi connectivity index (χ4v) is 5.43. The van der Waals surface area contributed by atoms with Crippen LogP contribution in [-0.4, -0.2) is 40.3 Å². The van der Waals surface area contributed by atoms with Gasteiger partial charge in [0, 0.05) is 41.1 Å². The van der Waals surface area contributed by atoms with Gasteiger partial charge in [-0.25, -0.2) is 9.79 Å². The van der Waals surface area contributed by atoms with Gasteiger partial charge in [-0.15, -0.1) is 11.3 Å². The maximum absolute atomic E-state index is 12.7. The minimum absolute atomic E-state index is 0.0427. The summed E-state index contributed by atoms with van der Waals surface area (Å²) in [4.78, 5) is 42.1. The normalized spacial score (nSPS) is 13.4.